The molecule has 1 amide bonds. The van der Waals surface area contributed by atoms with E-state index in [2.05, 4.69) is 17.2 Å². The maximum absolute atomic E-state index is 11.8. The lowest BCUT2D eigenvalue weighted by atomic mass is 10.1. The van der Waals surface area contributed by atoms with Crippen molar-refractivity contribution in [2.75, 3.05) is 13.2 Å². The Morgan fingerprint density at radius 1 is 1.50 bits per heavy atom. The fourth-order valence-corrected chi connectivity index (χ4v) is 1.93. The minimum Gasteiger partial charge on any atom is -0.396 e. The third kappa shape index (κ3) is 5.31. The van der Waals surface area contributed by atoms with Crippen LogP contribution < -0.4 is 5.32 Å². The Bertz CT molecular complexity index is 325. The SMILES string of the molecule is CCCC(CC(=O)NCCCCO)n1ccnc1. The summed E-state index contributed by atoms with van der Waals surface area (Å²) in [6.07, 6.45) is 9.47. The molecule has 18 heavy (non-hydrogen) atoms. The Balaban J connectivity index is 2.34. The van der Waals surface area contributed by atoms with Gasteiger partial charge in [0.15, 0.2) is 0 Å². The molecule has 1 rings (SSSR count). The number of hydrogen-bond acceptors (Lipinski definition) is 3. The Morgan fingerprint density at radius 2 is 2.33 bits per heavy atom. The summed E-state index contributed by atoms with van der Waals surface area (Å²) in [5.41, 5.74) is 0. The molecular formula is C13H23N3O2. The molecule has 0 aliphatic carbocycles. The molecule has 102 valence electrons. The van der Waals surface area contributed by atoms with Crippen LogP contribution in [0.3, 0.4) is 0 Å². The monoisotopic (exact) mass is 253 g/mol. The molecule has 1 unspecified atom stereocenters. The summed E-state index contributed by atoms with van der Waals surface area (Å²) < 4.78 is 2.00. The van der Waals surface area contributed by atoms with Gasteiger partial charge in [-0.3, -0.25) is 4.79 Å². The average molecular weight is 253 g/mol. The van der Waals surface area contributed by atoms with E-state index in [1.807, 2.05) is 10.8 Å². The lowest BCUT2D eigenvalue weighted by Crippen LogP contribution is -2.27. The number of hydrogen-bond donors (Lipinski definition) is 2. The molecule has 1 heterocycles. The Hall–Kier alpha value is -1.36. The van der Waals surface area contributed by atoms with Crippen LogP contribution in [0.25, 0.3) is 0 Å². The standard InChI is InChI=1S/C13H23N3O2/c1-2-5-12(16-8-7-14-11-16)10-13(18)15-6-3-4-9-17/h7-8,11-12,17H,2-6,9-10H2,1H3,(H,15,18). The Labute approximate surface area is 108 Å². The lowest BCUT2D eigenvalue weighted by Gasteiger charge is -2.17. The molecule has 0 aromatic carbocycles. The zero-order valence-electron chi connectivity index (χ0n) is 11.0. The van der Waals surface area contributed by atoms with E-state index in [1.54, 1.807) is 12.5 Å². The molecule has 5 heteroatoms. The number of imidazole rings is 1. The van der Waals surface area contributed by atoms with Crippen LogP contribution in [-0.2, 0) is 4.79 Å². The molecule has 1 aromatic rings. The third-order valence-corrected chi connectivity index (χ3v) is 2.90. The lowest BCUT2D eigenvalue weighted by molar-refractivity contribution is -0.121. The Kier molecular flexibility index (Phi) is 7.10. The van der Waals surface area contributed by atoms with Gasteiger partial charge in [0.2, 0.25) is 5.91 Å². The number of aliphatic hydroxyl groups excluding tert-OH is 1. The summed E-state index contributed by atoms with van der Waals surface area (Å²) in [6.45, 7) is 2.94. The van der Waals surface area contributed by atoms with E-state index in [9.17, 15) is 4.79 Å². The van der Waals surface area contributed by atoms with Crippen LogP contribution in [0.4, 0.5) is 0 Å². The van der Waals surface area contributed by atoms with Crippen molar-refractivity contribution in [2.45, 2.75) is 45.1 Å². The normalized spacial score (nSPS) is 12.3. The molecule has 0 spiro atoms. The predicted molar refractivity (Wildman–Crippen MR) is 70.1 cm³/mol. The van der Waals surface area contributed by atoms with Gasteiger partial charge < -0.3 is 15.0 Å². The summed E-state index contributed by atoms with van der Waals surface area (Å²) in [5, 5.41) is 11.5. The van der Waals surface area contributed by atoms with Crippen molar-refractivity contribution >= 4 is 5.91 Å². The van der Waals surface area contributed by atoms with Gasteiger partial charge in [-0.1, -0.05) is 13.3 Å². The van der Waals surface area contributed by atoms with Gasteiger partial charge in [-0.2, -0.15) is 0 Å². The van der Waals surface area contributed by atoms with E-state index in [-0.39, 0.29) is 18.6 Å². The van der Waals surface area contributed by atoms with Crippen molar-refractivity contribution in [1.29, 1.82) is 0 Å². The van der Waals surface area contributed by atoms with Gasteiger partial charge in [-0.15, -0.1) is 0 Å². The third-order valence-electron chi connectivity index (χ3n) is 2.90. The average Bonchev–Trinajstić information content (AvgIpc) is 2.88. The molecule has 1 atom stereocenters. The van der Waals surface area contributed by atoms with E-state index in [0.29, 0.717) is 13.0 Å². The highest BCUT2D eigenvalue weighted by Gasteiger charge is 2.13. The summed E-state index contributed by atoms with van der Waals surface area (Å²) in [5.74, 6) is 0.0695. The van der Waals surface area contributed by atoms with Crippen LogP contribution in [0.15, 0.2) is 18.7 Å². The second-order valence-corrected chi connectivity index (χ2v) is 4.44. The molecule has 0 saturated heterocycles. The first kappa shape index (κ1) is 14.7. The van der Waals surface area contributed by atoms with Crippen molar-refractivity contribution in [2.24, 2.45) is 0 Å². The number of rotatable bonds is 9. The highest BCUT2D eigenvalue weighted by Crippen LogP contribution is 2.17. The van der Waals surface area contributed by atoms with Crippen LogP contribution in [0.2, 0.25) is 0 Å². The van der Waals surface area contributed by atoms with E-state index in [0.717, 1.165) is 25.7 Å². The van der Waals surface area contributed by atoms with Crippen molar-refractivity contribution in [1.82, 2.24) is 14.9 Å². The minimum atomic E-state index is 0.0695. The number of carbonyl (C=O) groups excluding carboxylic acids is 1. The largest absolute Gasteiger partial charge is 0.396 e. The number of carbonyl (C=O) groups is 1. The summed E-state index contributed by atoms with van der Waals surface area (Å²) in [6, 6.07) is 0.190. The zero-order valence-corrected chi connectivity index (χ0v) is 11.0. The van der Waals surface area contributed by atoms with Crippen molar-refractivity contribution in [3.63, 3.8) is 0 Å². The van der Waals surface area contributed by atoms with Crippen molar-refractivity contribution in [3.05, 3.63) is 18.7 Å². The smallest absolute Gasteiger partial charge is 0.222 e. The van der Waals surface area contributed by atoms with E-state index >= 15 is 0 Å². The van der Waals surface area contributed by atoms with E-state index in [1.165, 1.54) is 0 Å². The first-order chi connectivity index (χ1) is 8.77. The number of aliphatic hydroxyl groups is 1. The molecule has 0 bridgehead atoms. The van der Waals surface area contributed by atoms with Gasteiger partial charge in [0.05, 0.1) is 6.33 Å². The maximum Gasteiger partial charge on any atom is 0.222 e. The minimum absolute atomic E-state index is 0.0695. The van der Waals surface area contributed by atoms with Gasteiger partial charge in [-0.25, -0.2) is 4.98 Å². The predicted octanol–water partition coefficient (Wildman–Crippen LogP) is 1.50. The molecule has 0 aliphatic heterocycles. The summed E-state index contributed by atoms with van der Waals surface area (Å²) in [4.78, 5) is 15.8. The fraction of sp³-hybridized carbons (Fsp3) is 0.692. The maximum atomic E-state index is 11.8. The van der Waals surface area contributed by atoms with Crippen LogP contribution in [0.1, 0.15) is 45.1 Å². The number of nitrogens with zero attached hydrogens (tertiary/aromatic N) is 2. The van der Waals surface area contributed by atoms with E-state index < -0.39 is 0 Å². The zero-order chi connectivity index (χ0) is 13.2. The van der Waals surface area contributed by atoms with Gasteiger partial charge in [-0.05, 0) is 19.3 Å². The fourth-order valence-electron chi connectivity index (χ4n) is 1.93. The molecule has 1 aromatic heterocycles. The summed E-state index contributed by atoms with van der Waals surface area (Å²) >= 11 is 0. The second kappa shape index (κ2) is 8.69. The first-order valence-electron chi connectivity index (χ1n) is 6.63. The molecule has 0 fully saturated rings. The van der Waals surface area contributed by atoms with Gasteiger partial charge in [0.25, 0.3) is 0 Å². The highest BCUT2D eigenvalue weighted by molar-refractivity contribution is 5.76. The number of aromatic nitrogens is 2. The molecule has 0 saturated carbocycles. The number of nitrogens with one attached hydrogen (secondary N) is 1. The van der Waals surface area contributed by atoms with Crippen LogP contribution in [0, 0.1) is 0 Å². The molecule has 2 N–H and O–H groups in total. The van der Waals surface area contributed by atoms with Crippen molar-refractivity contribution in [3.8, 4) is 0 Å². The molecular weight excluding hydrogens is 230 g/mol. The number of unbranched alkanes of at least 4 members (excludes halogenated alkanes) is 1. The second-order valence-electron chi connectivity index (χ2n) is 4.44. The van der Waals surface area contributed by atoms with Gasteiger partial charge in [0, 0.05) is 38.0 Å². The summed E-state index contributed by atoms with van der Waals surface area (Å²) in [7, 11) is 0. The highest BCUT2D eigenvalue weighted by atomic mass is 16.2. The van der Waals surface area contributed by atoms with Crippen LogP contribution in [-0.4, -0.2) is 33.7 Å². The quantitative estimate of drug-likeness (QED) is 0.655. The first-order valence-corrected chi connectivity index (χ1v) is 6.63. The van der Waals surface area contributed by atoms with Gasteiger partial charge >= 0.3 is 0 Å². The van der Waals surface area contributed by atoms with Crippen molar-refractivity contribution < 1.29 is 9.90 Å². The molecule has 5 nitrogen and oxygen atoms in total. The Morgan fingerprint density at radius 3 is 2.94 bits per heavy atom. The topological polar surface area (TPSA) is 67.2 Å². The van der Waals surface area contributed by atoms with E-state index in [4.69, 9.17) is 5.11 Å². The number of amides is 1. The molecule has 0 radical (unpaired) electrons. The van der Waals surface area contributed by atoms with Crippen LogP contribution in [0.5, 0.6) is 0 Å². The van der Waals surface area contributed by atoms with Crippen LogP contribution >= 0.6 is 0 Å². The molecule has 0 aliphatic rings. The van der Waals surface area contributed by atoms with Gasteiger partial charge in [0.1, 0.15) is 0 Å².